The Morgan fingerprint density at radius 1 is 1.00 bits per heavy atom. The summed E-state index contributed by atoms with van der Waals surface area (Å²) < 4.78 is 0. The number of phenols is 1. The van der Waals surface area contributed by atoms with Crippen molar-refractivity contribution in [3.05, 3.63) is 29.8 Å². The molecule has 0 spiro atoms. The summed E-state index contributed by atoms with van der Waals surface area (Å²) in [6.07, 6.45) is 8.44. The summed E-state index contributed by atoms with van der Waals surface area (Å²) in [5, 5.41) is 21.1. The van der Waals surface area contributed by atoms with E-state index in [2.05, 4.69) is 12.2 Å². The zero-order valence-corrected chi connectivity index (χ0v) is 17.5. The normalized spacial score (nSPS) is 11.4. The number of aliphatic carboxylic acids is 1. The van der Waals surface area contributed by atoms with Crippen LogP contribution in [0.5, 0.6) is 5.75 Å². The molecule has 0 aromatic heterocycles. The molecule has 0 heterocycles. The number of aromatic hydroxyl groups is 1. The molecule has 0 fully saturated rings. The first kappa shape index (κ1) is 24.0. The SMILES string of the molecule is CCCCCCCCCC(=O)N[C@@H](Cc1ccc(O)cc1)C(=O)O.[Na]. The summed E-state index contributed by atoms with van der Waals surface area (Å²) in [7, 11) is 0. The first-order chi connectivity index (χ1) is 11.5. The second kappa shape index (κ2) is 14.2. The zero-order valence-electron chi connectivity index (χ0n) is 15.5. The summed E-state index contributed by atoms with van der Waals surface area (Å²) >= 11 is 0. The van der Waals surface area contributed by atoms with Gasteiger partial charge in [0.05, 0.1) is 0 Å². The fourth-order valence-corrected chi connectivity index (χ4v) is 2.58. The zero-order chi connectivity index (χ0) is 17.8. The number of phenolic OH excluding ortho intramolecular Hbond substituents is 1. The minimum absolute atomic E-state index is 0. The number of amides is 1. The van der Waals surface area contributed by atoms with Crippen molar-refractivity contribution in [1.29, 1.82) is 0 Å². The molecule has 0 aliphatic rings. The Balaban J connectivity index is 0.00000576. The van der Waals surface area contributed by atoms with Crippen LogP contribution in [-0.4, -0.2) is 57.7 Å². The second-order valence-corrected chi connectivity index (χ2v) is 6.20. The molecule has 0 saturated carbocycles. The van der Waals surface area contributed by atoms with E-state index < -0.39 is 12.0 Å². The summed E-state index contributed by atoms with van der Waals surface area (Å²) in [5.41, 5.74) is 0.761. The topological polar surface area (TPSA) is 86.6 Å². The molecule has 1 atom stereocenters. The summed E-state index contributed by atoms with van der Waals surface area (Å²) in [5.74, 6) is -1.13. The van der Waals surface area contributed by atoms with Crippen molar-refractivity contribution in [2.75, 3.05) is 0 Å². The number of hydrogen-bond donors (Lipinski definition) is 3. The fourth-order valence-electron chi connectivity index (χ4n) is 2.58. The van der Waals surface area contributed by atoms with Gasteiger partial charge < -0.3 is 15.5 Å². The number of carbonyl (C=O) groups is 2. The van der Waals surface area contributed by atoms with Crippen molar-refractivity contribution in [3.8, 4) is 5.75 Å². The molecule has 1 radical (unpaired) electrons. The van der Waals surface area contributed by atoms with Crippen molar-refractivity contribution in [2.45, 2.75) is 70.8 Å². The van der Waals surface area contributed by atoms with Gasteiger partial charge in [0.1, 0.15) is 11.8 Å². The number of nitrogens with one attached hydrogen (secondary N) is 1. The van der Waals surface area contributed by atoms with Crippen LogP contribution in [0.25, 0.3) is 0 Å². The van der Waals surface area contributed by atoms with E-state index >= 15 is 0 Å². The number of benzene rings is 1. The van der Waals surface area contributed by atoms with Crippen LogP contribution in [0.2, 0.25) is 0 Å². The van der Waals surface area contributed by atoms with E-state index in [4.69, 9.17) is 0 Å². The number of carboxylic acid groups (broad SMARTS) is 1. The first-order valence-electron chi connectivity index (χ1n) is 8.83. The van der Waals surface area contributed by atoms with E-state index in [1.165, 1.54) is 37.8 Å². The van der Waals surface area contributed by atoms with E-state index in [-0.39, 0.29) is 47.6 Å². The molecule has 6 heteroatoms. The maximum atomic E-state index is 11.9. The Morgan fingerprint density at radius 3 is 2.12 bits per heavy atom. The molecule has 5 nitrogen and oxygen atoms in total. The van der Waals surface area contributed by atoms with Gasteiger partial charge >= 0.3 is 5.97 Å². The Bertz CT molecular complexity index is 505. The third-order valence-electron chi connectivity index (χ3n) is 4.02. The van der Waals surface area contributed by atoms with Crippen LogP contribution in [0.15, 0.2) is 24.3 Å². The van der Waals surface area contributed by atoms with Gasteiger partial charge in [0.25, 0.3) is 0 Å². The summed E-state index contributed by atoms with van der Waals surface area (Å²) in [6, 6.07) is 5.40. The van der Waals surface area contributed by atoms with Crippen LogP contribution < -0.4 is 5.32 Å². The number of rotatable bonds is 12. The molecule has 0 aliphatic carbocycles. The van der Waals surface area contributed by atoms with Gasteiger partial charge in [-0.3, -0.25) is 4.79 Å². The molecule has 1 aromatic carbocycles. The molecule has 0 saturated heterocycles. The predicted molar refractivity (Wildman–Crippen MR) is 99.7 cm³/mol. The average Bonchev–Trinajstić information content (AvgIpc) is 2.55. The molecule has 3 N–H and O–H groups in total. The quantitative estimate of drug-likeness (QED) is 0.395. The molecule has 135 valence electrons. The summed E-state index contributed by atoms with van der Waals surface area (Å²) in [4.78, 5) is 23.2. The molecule has 1 amide bonds. The molecule has 1 rings (SSSR count). The predicted octanol–water partition coefficient (Wildman–Crippen LogP) is 3.26. The molecular weight excluding hydrogens is 329 g/mol. The van der Waals surface area contributed by atoms with E-state index in [1.807, 2.05) is 0 Å². The van der Waals surface area contributed by atoms with Gasteiger partial charge in [-0.15, -0.1) is 0 Å². The van der Waals surface area contributed by atoms with Crippen molar-refractivity contribution in [2.24, 2.45) is 0 Å². The van der Waals surface area contributed by atoms with Gasteiger partial charge in [-0.1, -0.05) is 57.6 Å². The molecule has 0 unspecified atom stereocenters. The van der Waals surface area contributed by atoms with E-state index in [9.17, 15) is 19.8 Å². The monoisotopic (exact) mass is 358 g/mol. The van der Waals surface area contributed by atoms with Crippen LogP contribution in [-0.2, 0) is 16.0 Å². The molecule has 0 aliphatic heterocycles. The van der Waals surface area contributed by atoms with Crippen molar-refractivity contribution in [3.63, 3.8) is 0 Å². The molecule has 1 aromatic rings. The fraction of sp³-hybridized carbons (Fsp3) is 0.579. The van der Waals surface area contributed by atoms with Gasteiger partial charge in [0.15, 0.2) is 0 Å². The van der Waals surface area contributed by atoms with Gasteiger partial charge in [-0.05, 0) is 24.1 Å². The molecule has 0 bridgehead atoms. The van der Waals surface area contributed by atoms with Crippen molar-refractivity contribution in [1.82, 2.24) is 5.32 Å². The van der Waals surface area contributed by atoms with Crippen LogP contribution in [0.3, 0.4) is 0 Å². The number of hydrogen-bond acceptors (Lipinski definition) is 3. The van der Waals surface area contributed by atoms with Crippen molar-refractivity contribution < 1.29 is 19.8 Å². The van der Waals surface area contributed by atoms with Crippen LogP contribution >= 0.6 is 0 Å². The Morgan fingerprint density at radius 2 is 1.56 bits per heavy atom. The number of carbonyl (C=O) groups excluding carboxylic acids is 1. The van der Waals surface area contributed by atoms with Crippen LogP contribution in [0.1, 0.15) is 63.9 Å². The summed E-state index contributed by atoms with van der Waals surface area (Å²) in [6.45, 7) is 2.18. The number of carboxylic acids is 1. The number of unbranched alkanes of at least 4 members (excludes halogenated alkanes) is 6. The van der Waals surface area contributed by atoms with E-state index in [0.717, 1.165) is 24.8 Å². The third-order valence-corrected chi connectivity index (χ3v) is 4.02. The van der Waals surface area contributed by atoms with Crippen molar-refractivity contribution >= 4 is 41.4 Å². The standard InChI is InChI=1S/C19H29NO4.Na/c1-2-3-4-5-6-7-8-9-18(22)20-17(19(23)24)14-15-10-12-16(21)13-11-15;/h10-13,17,21H,2-9,14H2,1H3,(H,20,22)(H,23,24);/t17-;/m0./s1. The molecular formula is C19H29NNaO4. The Kier molecular flexibility index (Phi) is 13.6. The third kappa shape index (κ3) is 11.2. The van der Waals surface area contributed by atoms with Gasteiger partial charge in [0.2, 0.25) is 5.91 Å². The van der Waals surface area contributed by atoms with E-state index in [1.54, 1.807) is 12.1 Å². The van der Waals surface area contributed by atoms with E-state index in [0.29, 0.717) is 6.42 Å². The molecule has 25 heavy (non-hydrogen) atoms. The van der Waals surface area contributed by atoms with Gasteiger partial charge in [0, 0.05) is 42.4 Å². The van der Waals surface area contributed by atoms with Crippen LogP contribution in [0, 0.1) is 0 Å². The first-order valence-corrected chi connectivity index (χ1v) is 8.83. The Labute approximate surface area is 172 Å². The maximum absolute atomic E-state index is 11.9. The maximum Gasteiger partial charge on any atom is 0.326 e. The Hall–Kier alpha value is -1.04. The van der Waals surface area contributed by atoms with Gasteiger partial charge in [-0.25, -0.2) is 4.79 Å². The average molecular weight is 358 g/mol. The largest absolute Gasteiger partial charge is 0.508 e. The smallest absolute Gasteiger partial charge is 0.326 e. The van der Waals surface area contributed by atoms with Crippen LogP contribution in [0.4, 0.5) is 0 Å². The minimum atomic E-state index is -1.05. The minimum Gasteiger partial charge on any atom is -0.508 e. The second-order valence-electron chi connectivity index (χ2n) is 6.20. The van der Waals surface area contributed by atoms with Gasteiger partial charge in [-0.2, -0.15) is 0 Å².